The van der Waals surface area contributed by atoms with Crippen LogP contribution in [-0.4, -0.2) is 60.7 Å². The third-order valence-electron chi connectivity index (χ3n) is 5.24. The number of rotatable bonds is 13. The van der Waals surface area contributed by atoms with E-state index < -0.39 is 6.67 Å². The van der Waals surface area contributed by atoms with Crippen LogP contribution in [0.25, 0.3) is 5.65 Å². The van der Waals surface area contributed by atoms with Crippen molar-refractivity contribution in [2.45, 2.75) is 79.9 Å². The normalized spacial score (nSPS) is 10.5. The van der Waals surface area contributed by atoms with Crippen LogP contribution in [0.3, 0.4) is 0 Å². The zero-order valence-electron chi connectivity index (χ0n) is 22.3. The molecule has 0 spiro atoms. The molecule has 0 unspecified atom stereocenters. The molecule has 8 nitrogen and oxygen atoms in total. The molecule has 0 saturated carbocycles. The Hall–Kier alpha value is -2.94. The van der Waals surface area contributed by atoms with Crippen molar-refractivity contribution in [3.8, 4) is 0 Å². The number of nitrogens with zero attached hydrogens (tertiary/aromatic N) is 8. The van der Waals surface area contributed by atoms with Crippen molar-refractivity contribution in [3.63, 3.8) is 0 Å². The van der Waals surface area contributed by atoms with Crippen molar-refractivity contribution in [1.82, 2.24) is 34.3 Å². The first kappa shape index (κ1) is 30.1. The van der Waals surface area contributed by atoms with Gasteiger partial charge in [0.2, 0.25) is 0 Å². The van der Waals surface area contributed by atoms with Crippen molar-refractivity contribution in [2.75, 3.05) is 19.8 Å². The van der Waals surface area contributed by atoms with E-state index in [-0.39, 0.29) is 0 Å². The molecule has 3 rings (SSSR count). The van der Waals surface area contributed by atoms with Crippen LogP contribution < -0.4 is 0 Å². The summed E-state index contributed by atoms with van der Waals surface area (Å²) >= 11 is 0. The molecule has 3 heterocycles. The van der Waals surface area contributed by atoms with Crippen molar-refractivity contribution < 1.29 is 4.39 Å². The minimum absolute atomic E-state index is 0.417. The van der Waals surface area contributed by atoms with E-state index in [4.69, 9.17) is 15.1 Å². The summed E-state index contributed by atoms with van der Waals surface area (Å²) in [6.45, 7) is 20.1. The number of aliphatic imine (C=N–C) groups is 1. The molecule has 0 amide bonds. The third kappa shape index (κ3) is 9.32. The highest BCUT2D eigenvalue weighted by atomic mass is 19.1. The molecule has 0 aliphatic heterocycles. The predicted molar refractivity (Wildman–Crippen MR) is 143 cm³/mol. The van der Waals surface area contributed by atoms with E-state index in [2.05, 4.69) is 49.1 Å². The quantitative estimate of drug-likeness (QED) is 0.242. The molecule has 0 aromatic carbocycles. The van der Waals surface area contributed by atoms with Crippen LogP contribution in [0.5, 0.6) is 0 Å². The Labute approximate surface area is 210 Å². The van der Waals surface area contributed by atoms with Gasteiger partial charge < -0.3 is 0 Å². The number of hydrogen-bond acceptors (Lipinski definition) is 6. The lowest BCUT2D eigenvalue weighted by atomic mass is 10.0. The molecule has 0 saturated heterocycles. The summed E-state index contributed by atoms with van der Waals surface area (Å²) in [6.07, 6.45) is 9.79. The molecular formula is C26H43FN8. The summed E-state index contributed by atoms with van der Waals surface area (Å²) in [5.41, 5.74) is 4.23. The summed E-state index contributed by atoms with van der Waals surface area (Å²) in [7, 11) is 0. The van der Waals surface area contributed by atoms with Gasteiger partial charge in [0, 0.05) is 23.9 Å². The monoisotopic (exact) mass is 486 g/mol. The van der Waals surface area contributed by atoms with Gasteiger partial charge in [-0.25, -0.2) is 23.6 Å². The Bertz CT molecular complexity index is 995. The van der Waals surface area contributed by atoms with Crippen LogP contribution in [0.1, 0.15) is 76.7 Å². The van der Waals surface area contributed by atoms with E-state index in [1.165, 1.54) is 11.6 Å². The summed E-state index contributed by atoms with van der Waals surface area (Å²) < 4.78 is 14.3. The lowest BCUT2D eigenvalue weighted by Crippen LogP contribution is -2.24. The summed E-state index contributed by atoms with van der Waals surface area (Å²) in [4.78, 5) is 16.0. The SMILES string of the molecule is C=CCF.C=NCn1nccc1Cc1ncn2nc(CN(CC)CCC)nc2c1CCCC.CC. The topological polar surface area (TPSA) is 76.5 Å². The Morgan fingerprint density at radius 2 is 1.94 bits per heavy atom. The van der Waals surface area contributed by atoms with E-state index in [1.54, 1.807) is 12.5 Å². The molecule has 35 heavy (non-hydrogen) atoms. The highest BCUT2D eigenvalue weighted by molar-refractivity contribution is 5.50. The second kappa shape index (κ2) is 17.5. The van der Waals surface area contributed by atoms with Crippen LogP contribution in [0, 0.1) is 0 Å². The largest absolute Gasteiger partial charge is 0.296 e. The first-order valence-corrected chi connectivity index (χ1v) is 12.7. The number of fused-ring (bicyclic) bond motifs is 1. The first-order chi connectivity index (χ1) is 17.1. The lowest BCUT2D eigenvalue weighted by molar-refractivity contribution is 0.274. The Kier molecular flexibility index (Phi) is 15.0. The molecule has 0 N–H and O–H groups in total. The van der Waals surface area contributed by atoms with Crippen molar-refractivity contribution in [3.05, 3.63) is 54.0 Å². The highest BCUT2D eigenvalue weighted by Crippen LogP contribution is 2.19. The summed E-state index contributed by atoms with van der Waals surface area (Å²) in [5.74, 6) is 0.859. The minimum Gasteiger partial charge on any atom is -0.296 e. The first-order valence-electron chi connectivity index (χ1n) is 12.7. The number of allylic oxidation sites excluding steroid dienone is 1. The Morgan fingerprint density at radius 3 is 2.54 bits per heavy atom. The fourth-order valence-electron chi connectivity index (χ4n) is 3.58. The maximum Gasteiger partial charge on any atom is 0.165 e. The second-order valence-electron chi connectivity index (χ2n) is 7.75. The van der Waals surface area contributed by atoms with Crippen molar-refractivity contribution >= 4 is 12.4 Å². The molecule has 9 heteroatoms. The van der Waals surface area contributed by atoms with Gasteiger partial charge in [0.25, 0.3) is 0 Å². The van der Waals surface area contributed by atoms with E-state index in [1.807, 2.05) is 29.1 Å². The average molecular weight is 487 g/mol. The number of aromatic nitrogens is 6. The van der Waals surface area contributed by atoms with Gasteiger partial charge in [0.1, 0.15) is 19.7 Å². The summed E-state index contributed by atoms with van der Waals surface area (Å²) in [6, 6.07) is 2.01. The Balaban J connectivity index is 0.000000926. The van der Waals surface area contributed by atoms with E-state index in [0.717, 1.165) is 68.2 Å². The number of hydrogen-bond donors (Lipinski definition) is 0. The van der Waals surface area contributed by atoms with Gasteiger partial charge in [0.05, 0.1) is 12.2 Å². The van der Waals surface area contributed by atoms with Crippen LogP contribution in [0.2, 0.25) is 0 Å². The molecule has 194 valence electrons. The molecule has 3 aromatic heterocycles. The molecule has 0 aliphatic carbocycles. The maximum absolute atomic E-state index is 10.6. The van der Waals surface area contributed by atoms with Crippen LogP contribution in [-0.2, 0) is 26.1 Å². The van der Waals surface area contributed by atoms with Gasteiger partial charge in [-0.3, -0.25) is 9.89 Å². The third-order valence-corrected chi connectivity index (χ3v) is 5.24. The van der Waals surface area contributed by atoms with E-state index in [9.17, 15) is 4.39 Å². The second-order valence-corrected chi connectivity index (χ2v) is 7.75. The predicted octanol–water partition coefficient (Wildman–Crippen LogP) is 5.31. The highest BCUT2D eigenvalue weighted by Gasteiger charge is 2.16. The molecule has 0 aliphatic rings. The van der Waals surface area contributed by atoms with Gasteiger partial charge >= 0.3 is 0 Å². The zero-order valence-corrected chi connectivity index (χ0v) is 22.3. The summed E-state index contributed by atoms with van der Waals surface area (Å²) in [5, 5.41) is 9.03. The molecule has 3 aromatic rings. The van der Waals surface area contributed by atoms with Crippen molar-refractivity contribution in [2.24, 2.45) is 4.99 Å². The maximum atomic E-state index is 10.6. The number of alkyl halides is 1. The standard InChI is InChI=1S/C21H32N8.C3H5F.C2H6/c1-5-8-9-18-19(13-17-10-11-24-28(17)15-22-4)23-16-29-21(18)25-20(26-29)14-27(7-3)12-6-2;1-2-3-4;1-2/h10-11,16H,4-9,12-15H2,1-3H3;2H,1,3H2;1-2H3. The van der Waals surface area contributed by atoms with Gasteiger partial charge in [-0.2, -0.15) is 5.10 Å². The number of halogens is 1. The molecule has 0 bridgehead atoms. The zero-order chi connectivity index (χ0) is 26.1. The average Bonchev–Trinajstić information content (AvgIpc) is 3.51. The minimum atomic E-state index is -0.417. The van der Waals surface area contributed by atoms with Crippen LogP contribution >= 0.6 is 0 Å². The number of unbranched alkanes of at least 4 members (excludes halogenated alkanes) is 1. The molecular weight excluding hydrogens is 443 g/mol. The smallest absolute Gasteiger partial charge is 0.165 e. The van der Waals surface area contributed by atoms with E-state index in [0.29, 0.717) is 13.1 Å². The van der Waals surface area contributed by atoms with Crippen LogP contribution in [0.4, 0.5) is 4.39 Å². The lowest BCUT2D eigenvalue weighted by Gasteiger charge is -2.16. The van der Waals surface area contributed by atoms with E-state index >= 15 is 0 Å². The molecule has 0 fully saturated rings. The molecule has 0 radical (unpaired) electrons. The van der Waals surface area contributed by atoms with Gasteiger partial charge in [-0.15, -0.1) is 11.7 Å². The fourth-order valence-corrected chi connectivity index (χ4v) is 3.58. The van der Waals surface area contributed by atoms with Gasteiger partial charge in [-0.05, 0) is 45.1 Å². The molecule has 0 atom stereocenters. The Morgan fingerprint density at radius 1 is 1.20 bits per heavy atom. The number of aryl methyl sites for hydroxylation is 1. The fraction of sp³-hybridized carbons (Fsp3) is 0.577. The van der Waals surface area contributed by atoms with Gasteiger partial charge in [0.15, 0.2) is 11.5 Å². The van der Waals surface area contributed by atoms with Gasteiger partial charge in [-0.1, -0.05) is 47.1 Å². The van der Waals surface area contributed by atoms with Crippen molar-refractivity contribution in [1.29, 1.82) is 0 Å². The van der Waals surface area contributed by atoms with Crippen LogP contribution in [0.15, 0.2) is 36.2 Å².